The standard InChI is InChI=1S/C15H26N2O2S2/c1-11(2)16-9-14-13(4)8-15(20-14)21(18,19)17-7-5-6-12(3)10-17/h8,11-12,16H,5-7,9-10H2,1-4H3. The van der Waals surface area contributed by atoms with E-state index in [-0.39, 0.29) is 0 Å². The van der Waals surface area contributed by atoms with E-state index in [9.17, 15) is 8.42 Å². The Morgan fingerprint density at radius 2 is 2.19 bits per heavy atom. The Morgan fingerprint density at radius 3 is 2.81 bits per heavy atom. The van der Waals surface area contributed by atoms with Crippen LogP contribution in [0.3, 0.4) is 0 Å². The van der Waals surface area contributed by atoms with Crippen LogP contribution < -0.4 is 5.32 Å². The highest BCUT2D eigenvalue weighted by Crippen LogP contribution is 2.30. The summed E-state index contributed by atoms with van der Waals surface area (Å²) < 4.78 is 27.7. The van der Waals surface area contributed by atoms with E-state index in [0.717, 1.165) is 29.8 Å². The van der Waals surface area contributed by atoms with Crippen molar-refractivity contribution in [3.05, 3.63) is 16.5 Å². The fourth-order valence-corrected chi connectivity index (χ4v) is 5.87. The minimum atomic E-state index is -3.31. The van der Waals surface area contributed by atoms with Crippen molar-refractivity contribution >= 4 is 21.4 Å². The predicted molar refractivity (Wildman–Crippen MR) is 88.2 cm³/mol. The summed E-state index contributed by atoms with van der Waals surface area (Å²) in [5.41, 5.74) is 1.07. The molecule has 1 aromatic heterocycles. The molecule has 2 rings (SSSR count). The fourth-order valence-electron chi connectivity index (χ4n) is 2.58. The third-order valence-electron chi connectivity index (χ3n) is 3.88. The van der Waals surface area contributed by atoms with Gasteiger partial charge in [0.05, 0.1) is 0 Å². The molecule has 4 nitrogen and oxygen atoms in total. The number of piperidine rings is 1. The lowest BCUT2D eigenvalue weighted by atomic mass is 10.0. The van der Waals surface area contributed by atoms with Gasteiger partial charge in [-0.25, -0.2) is 8.42 Å². The number of aryl methyl sites for hydroxylation is 1. The van der Waals surface area contributed by atoms with Gasteiger partial charge in [-0.1, -0.05) is 20.8 Å². The Hall–Kier alpha value is -0.430. The number of nitrogens with one attached hydrogen (secondary N) is 1. The molecule has 6 heteroatoms. The Bertz CT molecular complexity index is 578. The number of hydrogen-bond donors (Lipinski definition) is 1. The monoisotopic (exact) mass is 330 g/mol. The van der Waals surface area contributed by atoms with Crippen LogP contribution in [0.2, 0.25) is 0 Å². The minimum absolute atomic E-state index is 0.398. The Labute approximate surface area is 132 Å². The summed E-state index contributed by atoms with van der Waals surface area (Å²) in [6.45, 7) is 10.3. The van der Waals surface area contributed by atoms with Gasteiger partial charge in [-0.15, -0.1) is 11.3 Å². The molecule has 1 aliphatic rings. The number of sulfonamides is 1. The van der Waals surface area contributed by atoms with Gasteiger partial charge < -0.3 is 5.32 Å². The second-order valence-electron chi connectivity index (χ2n) is 6.32. The number of nitrogens with zero attached hydrogens (tertiary/aromatic N) is 1. The van der Waals surface area contributed by atoms with Crippen molar-refractivity contribution in [3.63, 3.8) is 0 Å². The maximum Gasteiger partial charge on any atom is 0.252 e. The molecule has 1 atom stereocenters. The van der Waals surface area contributed by atoms with Gasteiger partial charge in [0.1, 0.15) is 4.21 Å². The molecule has 1 N–H and O–H groups in total. The molecule has 1 saturated heterocycles. The lowest BCUT2D eigenvalue weighted by Gasteiger charge is -2.29. The molecule has 21 heavy (non-hydrogen) atoms. The van der Waals surface area contributed by atoms with Crippen molar-refractivity contribution in [1.82, 2.24) is 9.62 Å². The van der Waals surface area contributed by atoms with E-state index < -0.39 is 10.0 Å². The summed E-state index contributed by atoms with van der Waals surface area (Å²) in [6, 6.07) is 2.23. The first kappa shape index (κ1) is 16.9. The Morgan fingerprint density at radius 1 is 1.48 bits per heavy atom. The highest BCUT2D eigenvalue weighted by molar-refractivity contribution is 7.91. The van der Waals surface area contributed by atoms with E-state index in [0.29, 0.717) is 29.3 Å². The molecular weight excluding hydrogens is 304 g/mol. The second kappa shape index (κ2) is 6.77. The first-order valence-corrected chi connectivity index (χ1v) is 9.89. The molecule has 0 spiro atoms. The molecular formula is C15H26N2O2S2. The van der Waals surface area contributed by atoms with E-state index in [1.165, 1.54) is 11.3 Å². The summed E-state index contributed by atoms with van der Waals surface area (Å²) in [4.78, 5) is 1.12. The average molecular weight is 331 g/mol. The topological polar surface area (TPSA) is 49.4 Å². The summed E-state index contributed by atoms with van der Waals surface area (Å²) in [5, 5.41) is 3.36. The molecule has 0 amide bonds. The zero-order chi connectivity index (χ0) is 15.6. The van der Waals surface area contributed by atoms with Gasteiger partial charge in [0, 0.05) is 30.6 Å². The molecule has 120 valence electrons. The van der Waals surface area contributed by atoms with Crippen LogP contribution in [-0.2, 0) is 16.6 Å². The third-order valence-corrected chi connectivity index (χ3v) is 7.43. The highest BCUT2D eigenvalue weighted by atomic mass is 32.2. The lowest BCUT2D eigenvalue weighted by Crippen LogP contribution is -2.38. The van der Waals surface area contributed by atoms with Crippen LogP contribution in [-0.4, -0.2) is 31.9 Å². The fraction of sp³-hybridized carbons (Fsp3) is 0.733. The largest absolute Gasteiger partial charge is 0.310 e. The van der Waals surface area contributed by atoms with E-state index in [1.807, 2.05) is 13.0 Å². The molecule has 0 radical (unpaired) electrons. The van der Waals surface area contributed by atoms with Crippen LogP contribution >= 0.6 is 11.3 Å². The Balaban J connectivity index is 2.18. The van der Waals surface area contributed by atoms with Crippen LogP contribution in [0.5, 0.6) is 0 Å². The van der Waals surface area contributed by atoms with Crippen molar-refractivity contribution in [3.8, 4) is 0 Å². The van der Waals surface area contributed by atoms with Gasteiger partial charge in [-0.2, -0.15) is 4.31 Å². The van der Waals surface area contributed by atoms with Crippen molar-refractivity contribution in [2.75, 3.05) is 13.1 Å². The predicted octanol–water partition coefficient (Wildman–Crippen LogP) is 2.98. The van der Waals surface area contributed by atoms with Crippen LogP contribution in [0, 0.1) is 12.8 Å². The van der Waals surface area contributed by atoms with E-state index >= 15 is 0 Å². The van der Waals surface area contributed by atoms with E-state index in [1.54, 1.807) is 4.31 Å². The first-order valence-electron chi connectivity index (χ1n) is 7.63. The normalized spacial score (nSPS) is 21.1. The van der Waals surface area contributed by atoms with Crippen molar-refractivity contribution in [2.24, 2.45) is 5.92 Å². The summed E-state index contributed by atoms with van der Waals surface area (Å²) >= 11 is 1.41. The molecule has 1 fully saturated rings. The van der Waals surface area contributed by atoms with Gasteiger partial charge in [0.25, 0.3) is 10.0 Å². The smallest absolute Gasteiger partial charge is 0.252 e. The lowest BCUT2D eigenvalue weighted by molar-refractivity contribution is 0.281. The molecule has 0 aliphatic carbocycles. The van der Waals surface area contributed by atoms with Crippen LogP contribution in [0.15, 0.2) is 10.3 Å². The van der Waals surface area contributed by atoms with Crippen molar-refractivity contribution < 1.29 is 8.42 Å². The zero-order valence-corrected chi connectivity index (χ0v) is 15.0. The van der Waals surface area contributed by atoms with E-state index in [2.05, 4.69) is 26.1 Å². The van der Waals surface area contributed by atoms with Crippen LogP contribution in [0.1, 0.15) is 44.1 Å². The quantitative estimate of drug-likeness (QED) is 0.903. The number of hydrogen-bond acceptors (Lipinski definition) is 4. The molecule has 1 unspecified atom stereocenters. The number of thiophene rings is 1. The van der Waals surface area contributed by atoms with Gasteiger partial charge >= 0.3 is 0 Å². The van der Waals surface area contributed by atoms with Gasteiger partial charge in [0.15, 0.2) is 0 Å². The second-order valence-corrected chi connectivity index (χ2v) is 9.62. The maximum atomic E-state index is 12.8. The minimum Gasteiger partial charge on any atom is -0.310 e. The molecule has 1 aliphatic heterocycles. The maximum absolute atomic E-state index is 12.8. The average Bonchev–Trinajstić information content (AvgIpc) is 2.78. The molecule has 2 heterocycles. The SMILES string of the molecule is Cc1cc(S(=O)(=O)N2CCCC(C)C2)sc1CNC(C)C. The zero-order valence-electron chi connectivity index (χ0n) is 13.3. The third kappa shape index (κ3) is 4.06. The van der Waals surface area contributed by atoms with Gasteiger partial charge in [0.2, 0.25) is 0 Å². The molecule has 1 aromatic rings. The number of rotatable bonds is 5. The van der Waals surface area contributed by atoms with Gasteiger partial charge in [-0.3, -0.25) is 0 Å². The van der Waals surface area contributed by atoms with Crippen molar-refractivity contribution in [1.29, 1.82) is 0 Å². The highest BCUT2D eigenvalue weighted by Gasteiger charge is 2.30. The van der Waals surface area contributed by atoms with Crippen molar-refractivity contribution in [2.45, 2.75) is 57.3 Å². The molecule has 0 aromatic carbocycles. The first-order chi connectivity index (χ1) is 9.80. The summed E-state index contributed by atoms with van der Waals surface area (Å²) in [5.74, 6) is 0.455. The molecule has 0 saturated carbocycles. The van der Waals surface area contributed by atoms with Crippen LogP contribution in [0.25, 0.3) is 0 Å². The summed E-state index contributed by atoms with van der Waals surface area (Å²) in [7, 11) is -3.31. The van der Waals surface area contributed by atoms with Crippen LogP contribution in [0.4, 0.5) is 0 Å². The van der Waals surface area contributed by atoms with Gasteiger partial charge in [-0.05, 0) is 37.3 Å². The van der Waals surface area contributed by atoms with E-state index in [4.69, 9.17) is 0 Å². The Kier molecular flexibility index (Phi) is 5.46. The summed E-state index contributed by atoms with van der Waals surface area (Å²) in [6.07, 6.45) is 2.09. The molecule has 0 bridgehead atoms.